The molecule has 0 radical (unpaired) electrons. The van der Waals surface area contributed by atoms with Gasteiger partial charge in [0.25, 0.3) is 0 Å². The lowest BCUT2D eigenvalue weighted by atomic mass is 10.0. The molecule has 0 N–H and O–H groups in total. The maximum atomic E-state index is 13.5. The van der Waals surface area contributed by atoms with E-state index >= 15 is 0 Å². The van der Waals surface area contributed by atoms with Gasteiger partial charge in [-0.2, -0.15) is 13.2 Å². The molecule has 0 saturated heterocycles. The van der Waals surface area contributed by atoms with E-state index in [2.05, 4.69) is 21.4 Å². The molecular formula is C29H22F3N5O2S. The first kappa shape index (κ1) is 25.8. The zero-order valence-corrected chi connectivity index (χ0v) is 22.2. The highest BCUT2D eigenvalue weighted by Gasteiger charge is 2.34. The van der Waals surface area contributed by atoms with Crippen LogP contribution in [0, 0.1) is 6.92 Å². The van der Waals surface area contributed by atoms with E-state index in [-0.39, 0.29) is 10.7 Å². The standard InChI is InChI=1S/C29H22F3N5O2S/c1-18-34-28(29(30,31)32)17-36(18)25-12-11-22(21-7-4-8-24(14-21)40(2,38)39)15-26(25)37-27(16-33-35-37)23-10-9-19-5-3-6-20(19)13-23/h3-4,6-17H,5H2,1-2H3. The van der Waals surface area contributed by atoms with Crippen LogP contribution in [0.15, 0.2) is 84.0 Å². The summed E-state index contributed by atoms with van der Waals surface area (Å²) in [6.45, 7) is 1.50. The van der Waals surface area contributed by atoms with E-state index in [9.17, 15) is 21.6 Å². The Hall–Kier alpha value is -4.51. The maximum Gasteiger partial charge on any atom is 0.434 e. The zero-order chi connectivity index (χ0) is 28.2. The minimum Gasteiger partial charge on any atom is -0.301 e. The second kappa shape index (κ2) is 9.30. The van der Waals surface area contributed by atoms with Gasteiger partial charge in [0.1, 0.15) is 5.82 Å². The minimum atomic E-state index is -4.61. The summed E-state index contributed by atoms with van der Waals surface area (Å²) in [4.78, 5) is 3.89. The molecule has 1 aliphatic rings. The third-order valence-corrected chi connectivity index (χ3v) is 7.97. The lowest BCUT2D eigenvalue weighted by Crippen LogP contribution is -2.08. The molecule has 2 aromatic heterocycles. The van der Waals surface area contributed by atoms with Crippen LogP contribution in [0.2, 0.25) is 0 Å². The average Bonchev–Trinajstić information content (AvgIpc) is 3.67. The van der Waals surface area contributed by atoms with Crippen LogP contribution in [-0.2, 0) is 22.4 Å². The number of nitrogens with zero attached hydrogens (tertiary/aromatic N) is 5. The van der Waals surface area contributed by atoms with E-state index in [4.69, 9.17) is 0 Å². The molecule has 202 valence electrons. The van der Waals surface area contributed by atoms with Crippen LogP contribution in [0.25, 0.3) is 39.8 Å². The molecule has 1 aliphatic carbocycles. The van der Waals surface area contributed by atoms with Gasteiger partial charge in [0.15, 0.2) is 15.5 Å². The molecular weight excluding hydrogens is 539 g/mol. The average molecular weight is 562 g/mol. The molecule has 7 nitrogen and oxygen atoms in total. The van der Waals surface area contributed by atoms with E-state index in [1.54, 1.807) is 47.3 Å². The molecule has 2 heterocycles. The zero-order valence-electron chi connectivity index (χ0n) is 21.4. The van der Waals surface area contributed by atoms with E-state index in [1.165, 1.54) is 23.1 Å². The van der Waals surface area contributed by atoms with Crippen molar-refractivity contribution in [3.8, 4) is 33.8 Å². The van der Waals surface area contributed by atoms with Gasteiger partial charge < -0.3 is 4.57 Å². The fourth-order valence-corrected chi connectivity index (χ4v) is 5.52. The van der Waals surface area contributed by atoms with Crippen molar-refractivity contribution < 1.29 is 21.6 Å². The molecule has 40 heavy (non-hydrogen) atoms. The number of hydrogen-bond donors (Lipinski definition) is 0. The Morgan fingerprint density at radius 1 is 0.925 bits per heavy atom. The largest absolute Gasteiger partial charge is 0.434 e. The Kier molecular flexibility index (Phi) is 5.99. The minimum absolute atomic E-state index is 0.143. The van der Waals surface area contributed by atoms with Crippen molar-refractivity contribution in [2.24, 2.45) is 0 Å². The van der Waals surface area contributed by atoms with Crippen molar-refractivity contribution >= 4 is 15.9 Å². The normalized spacial score (nSPS) is 13.1. The van der Waals surface area contributed by atoms with Gasteiger partial charge in [0.2, 0.25) is 0 Å². The summed E-state index contributed by atoms with van der Waals surface area (Å²) in [6, 6.07) is 17.7. The molecule has 6 rings (SSSR count). The summed E-state index contributed by atoms with van der Waals surface area (Å²) in [5.74, 6) is 0.143. The summed E-state index contributed by atoms with van der Waals surface area (Å²) in [7, 11) is -3.45. The number of alkyl halides is 3. The van der Waals surface area contributed by atoms with Gasteiger partial charge in [0.05, 0.1) is 28.2 Å². The molecule has 0 aliphatic heterocycles. The Morgan fingerprint density at radius 2 is 1.70 bits per heavy atom. The van der Waals surface area contributed by atoms with E-state index in [0.717, 1.165) is 30.0 Å². The Morgan fingerprint density at radius 3 is 2.45 bits per heavy atom. The van der Waals surface area contributed by atoms with Crippen LogP contribution in [0.1, 0.15) is 22.6 Å². The van der Waals surface area contributed by atoms with Gasteiger partial charge in [-0.05, 0) is 65.9 Å². The van der Waals surface area contributed by atoms with Gasteiger partial charge in [-0.25, -0.2) is 18.1 Å². The second-order valence-electron chi connectivity index (χ2n) is 9.60. The summed E-state index contributed by atoms with van der Waals surface area (Å²) >= 11 is 0. The predicted molar refractivity (Wildman–Crippen MR) is 145 cm³/mol. The summed E-state index contributed by atoms with van der Waals surface area (Å²) < 4.78 is 67.9. The number of aryl methyl sites for hydroxylation is 1. The van der Waals surface area contributed by atoms with Gasteiger partial charge >= 0.3 is 6.18 Å². The molecule has 0 bridgehead atoms. The quantitative estimate of drug-likeness (QED) is 0.260. The van der Waals surface area contributed by atoms with E-state index < -0.39 is 21.7 Å². The number of fused-ring (bicyclic) bond motifs is 1. The Bertz CT molecular complexity index is 1920. The van der Waals surface area contributed by atoms with Crippen LogP contribution in [0.3, 0.4) is 0 Å². The summed E-state index contributed by atoms with van der Waals surface area (Å²) in [5, 5.41) is 8.45. The Balaban J connectivity index is 1.57. The van der Waals surface area contributed by atoms with Crippen molar-refractivity contribution in [1.29, 1.82) is 0 Å². The summed E-state index contributed by atoms with van der Waals surface area (Å²) in [6.07, 6.45) is 4.05. The second-order valence-corrected chi connectivity index (χ2v) is 11.6. The summed E-state index contributed by atoms with van der Waals surface area (Å²) in [5.41, 5.74) is 4.86. The fraction of sp³-hybridized carbons (Fsp3) is 0.138. The number of allylic oxidation sites excluding steroid dienone is 1. The first-order valence-electron chi connectivity index (χ1n) is 12.3. The number of hydrogen-bond acceptors (Lipinski definition) is 5. The van der Waals surface area contributed by atoms with Crippen molar-refractivity contribution in [3.63, 3.8) is 0 Å². The smallest absolute Gasteiger partial charge is 0.301 e. The number of imidazole rings is 1. The van der Waals surface area contributed by atoms with Crippen molar-refractivity contribution in [2.45, 2.75) is 24.4 Å². The third kappa shape index (κ3) is 4.62. The van der Waals surface area contributed by atoms with Gasteiger partial charge in [-0.3, -0.25) is 0 Å². The fourth-order valence-electron chi connectivity index (χ4n) is 4.85. The van der Waals surface area contributed by atoms with Gasteiger partial charge in [-0.1, -0.05) is 47.7 Å². The molecule has 0 atom stereocenters. The lowest BCUT2D eigenvalue weighted by molar-refractivity contribution is -0.141. The number of sulfone groups is 1. The first-order chi connectivity index (χ1) is 19.0. The van der Waals surface area contributed by atoms with Crippen LogP contribution < -0.4 is 0 Å². The highest BCUT2D eigenvalue weighted by molar-refractivity contribution is 7.90. The molecule has 5 aromatic rings. The first-order valence-corrected chi connectivity index (χ1v) is 14.2. The molecule has 0 saturated carbocycles. The number of benzene rings is 3. The number of rotatable bonds is 5. The SMILES string of the molecule is Cc1nc(C(F)(F)F)cn1-c1ccc(-c2cccc(S(C)(=O)=O)c2)cc1-n1nncc1-c1ccc2c(c1)C=CC2. The number of aromatic nitrogens is 5. The molecule has 0 unspecified atom stereocenters. The molecule has 0 amide bonds. The van der Waals surface area contributed by atoms with Crippen LogP contribution in [0.5, 0.6) is 0 Å². The maximum absolute atomic E-state index is 13.5. The predicted octanol–water partition coefficient (Wildman–Crippen LogP) is 6.09. The molecule has 3 aromatic carbocycles. The topological polar surface area (TPSA) is 82.7 Å². The van der Waals surface area contributed by atoms with Crippen molar-refractivity contribution in [2.75, 3.05) is 6.26 Å². The molecule has 0 spiro atoms. The van der Waals surface area contributed by atoms with Crippen LogP contribution >= 0.6 is 0 Å². The highest BCUT2D eigenvalue weighted by Crippen LogP contribution is 2.35. The third-order valence-electron chi connectivity index (χ3n) is 6.86. The highest BCUT2D eigenvalue weighted by atomic mass is 32.2. The van der Waals surface area contributed by atoms with Crippen LogP contribution in [0.4, 0.5) is 13.2 Å². The van der Waals surface area contributed by atoms with Crippen molar-refractivity contribution in [1.82, 2.24) is 24.5 Å². The monoisotopic (exact) mass is 561 g/mol. The van der Waals surface area contributed by atoms with Crippen LogP contribution in [-0.4, -0.2) is 39.2 Å². The lowest BCUT2D eigenvalue weighted by Gasteiger charge is -2.16. The Labute approximate surface area is 228 Å². The van der Waals surface area contributed by atoms with Gasteiger partial charge in [0, 0.05) is 18.0 Å². The molecule has 0 fully saturated rings. The number of halogens is 3. The molecule has 11 heteroatoms. The van der Waals surface area contributed by atoms with E-state index in [1.807, 2.05) is 24.3 Å². The van der Waals surface area contributed by atoms with Gasteiger partial charge in [-0.15, -0.1) is 5.10 Å². The van der Waals surface area contributed by atoms with Crippen molar-refractivity contribution in [3.05, 3.63) is 102 Å². The van der Waals surface area contributed by atoms with E-state index in [0.29, 0.717) is 28.2 Å².